The van der Waals surface area contributed by atoms with Crippen LogP contribution in [0.15, 0.2) is 46.9 Å². The van der Waals surface area contributed by atoms with Crippen LogP contribution in [-0.2, 0) is 0 Å². The lowest BCUT2D eigenvalue weighted by atomic mass is 9.97. The van der Waals surface area contributed by atoms with E-state index in [1.807, 2.05) is 38.1 Å². The standard InChI is InChI=1S/C16H17BrFN/c1-3-19-16(13-6-4-5-7-15(13)18)12-9-8-11(2)14(17)10-12/h4-10,16,19H,3H2,1-2H3. The first kappa shape index (κ1) is 14.2. The van der Waals surface area contributed by atoms with Crippen molar-refractivity contribution in [2.45, 2.75) is 19.9 Å². The predicted octanol–water partition coefficient (Wildman–Crippen LogP) is 4.60. The molecule has 0 aliphatic heterocycles. The van der Waals surface area contributed by atoms with Gasteiger partial charge in [0.25, 0.3) is 0 Å². The van der Waals surface area contributed by atoms with Gasteiger partial charge in [0.1, 0.15) is 5.82 Å². The topological polar surface area (TPSA) is 12.0 Å². The summed E-state index contributed by atoms with van der Waals surface area (Å²) >= 11 is 3.54. The van der Waals surface area contributed by atoms with Gasteiger partial charge in [-0.15, -0.1) is 0 Å². The Hall–Kier alpha value is -1.19. The number of aryl methyl sites for hydroxylation is 1. The molecule has 0 fully saturated rings. The largest absolute Gasteiger partial charge is 0.306 e. The third-order valence-corrected chi connectivity index (χ3v) is 4.01. The van der Waals surface area contributed by atoms with Gasteiger partial charge in [-0.1, -0.05) is 53.2 Å². The molecule has 1 atom stereocenters. The lowest BCUT2D eigenvalue weighted by molar-refractivity contribution is 0.559. The highest BCUT2D eigenvalue weighted by Crippen LogP contribution is 2.27. The summed E-state index contributed by atoms with van der Waals surface area (Å²) in [5.41, 5.74) is 2.91. The van der Waals surface area contributed by atoms with Crippen LogP contribution in [0.3, 0.4) is 0 Å². The number of rotatable bonds is 4. The summed E-state index contributed by atoms with van der Waals surface area (Å²) in [6.07, 6.45) is 0. The summed E-state index contributed by atoms with van der Waals surface area (Å²) in [6.45, 7) is 4.85. The molecular weight excluding hydrogens is 305 g/mol. The molecule has 2 aromatic carbocycles. The molecule has 0 heterocycles. The number of nitrogens with one attached hydrogen (secondary N) is 1. The van der Waals surface area contributed by atoms with Crippen LogP contribution in [0.5, 0.6) is 0 Å². The van der Waals surface area contributed by atoms with Gasteiger partial charge in [-0.05, 0) is 36.7 Å². The quantitative estimate of drug-likeness (QED) is 0.868. The highest BCUT2D eigenvalue weighted by atomic mass is 79.9. The molecule has 2 aromatic rings. The number of benzene rings is 2. The molecule has 0 saturated heterocycles. The molecule has 0 radical (unpaired) electrons. The van der Waals surface area contributed by atoms with E-state index in [9.17, 15) is 4.39 Å². The second kappa shape index (κ2) is 6.31. The molecule has 0 bridgehead atoms. The van der Waals surface area contributed by atoms with Crippen LogP contribution >= 0.6 is 15.9 Å². The van der Waals surface area contributed by atoms with E-state index in [0.29, 0.717) is 5.56 Å². The van der Waals surface area contributed by atoms with E-state index in [0.717, 1.165) is 16.6 Å². The Bertz CT molecular complexity index is 568. The zero-order chi connectivity index (χ0) is 13.8. The highest BCUT2D eigenvalue weighted by Gasteiger charge is 2.17. The van der Waals surface area contributed by atoms with Crippen LogP contribution in [-0.4, -0.2) is 6.54 Å². The molecule has 1 unspecified atom stereocenters. The Kier molecular flexibility index (Phi) is 4.72. The van der Waals surface area contributed by atoms with E-state index in [-0.39, 0.29) is 11.9 Å². The molecule has 0 spiro atoms. The minimum Gasteiger partial charge on any atom is -0.306 e. The van der Waals surface area contributed by atoms with E-state index in [1.165, 1.54) is 11.6 Å². The number of hydrogen-bond donors (Lipinski definition) is 1. The molecule has 0 amide bonds. The van der Waals surface area contributed by atoms with Crippen molar-refractivity contribution in [3.05, 3.63) is 69.4 Å². The van der Waals surface area contributed by atoms with Crippen molar-refractivity contribution in [1.82, 2.24) is 5.32 Å². The second-order valence-electron chi connectivity index (χ2n) is 4.52. The van der Waals surface area contributed by atoms with E-state index in [4.69, 9.17) is 0 Å². The average molecular weight is 322 g/mol. The first-order valence-corrected chi connectivity index (χ1v) is 7.16. The molecule has 3 heteroatoms. The molecule has 100 valence electrons. The summed E-state index contributed by atoms with van der Waals surface area (Å²) < 4.78 is 15.0. The maximum Gasteiger partial charge on any atom is 0.128 e. The Labute approximate surface area is 122 Å². The molecule has 2 rings (SSSR count). The van der Waals surface area contributed by atoms with Crippen molar-refractivity contribution in [2.75, 3.05) is 6.54 Å². The normalized spacial score (nSPS) is 12.4. The van der Waals surface area contributed by atoms with E-state index < -0.39 is 0 Å². The first-order valence-electron chi connectivity index (χ1n) is 6.37. The van der Waals surface area contributed by atoms with Gasteiger partial charge in [0.05, 0.1) is 6.04 Å². The van der Waals surface area contributed by atoms with Gasteiger partial charge in [0.2, 0.25) is 0 Å². The van der Waals surface area contributed by atoms with Crippen LogP contribution in [0.25, 0.3) is 0 Å². The Morgan fingerprint density at radius 1 is 1.21 bits per heavy atom. The Morgan fingerprint density at radius 2 is 1.95 bits per heavy atom. The lowest BCUT2D eigenvalue weighted by Gasteiger charge is -2.20. The van der Waals surface area contributed by atoms with Gasteiger partial charge < -0.3 is 5.32 Å². The van der Waals surface area contributed by atoms with Crippen LogP contribution in [0.2, 0.25) is 0 Å². The smallest absolute Gasteiger partial charge is 0.128 e. The van der Waals surface area contributed by atoms with Gasteiger partial charge in [-0.25, -0.2) is 4.39 Å². The Balaban J connectivity index is 2.45. The zero-order valence-electron chi connectivity index (χ0n) is 11.1. The molecule has 0 aliphatic rings. The second-order valence-corrected chi connectivity index (χ2v) is 5.38. The summed E-state index contributed by atoms with van der Waals surface area (Å²) in [4.78, 5) is 0. The minimum absolute atomic E-state index is 0.122. The van der Waals surface area contributed by atoms with Crippen molar-refractivity contribution in [3.63, 3.8) is 0 Å². The third kappa shape index (κ3) is 3.23. The SMILES string of the molecule is CCNC(c1ccc(C)c(Br)c1)c1ccccc1F. The third-order valence-electron chi connectivity index (χ3n) is 3.15. The van der Waals surface area contributed by atoms with Gasteiger partial charge in [-0.3, -0.25) is 0 Å². The van der Waals surface area contributed by atoms with Crippen molar-refractivity contribution in [2.24, 2.45) is 0 Å². The molecule has 0 aromatic heterocycles. The molecular formula is C16H17BrFN. The maximum atomic E-state index is 14.0. The zero-order valence-corrected chi connectivity index (χ0v) is 12.7. The predicted molar refractivity (Wildman–Crippen MR) is 80.8 cm³/mol. The van der Waals surface area contributed by atoms with Crippen LogP contribution in [0.4, 0.5) is 4.39 Å². The Morgan fingerprint density at radius 3 is 2.58 bits per heavy atom. The number of halogens is 2. The summed E-state index contributed by atoms with van der Waals surface area (Å²) in [5, 5.41) is 3.34. The van der Waals surface area contributed by atoms with Crippen molar-refractivity contribution in [3.8, 4) is 0 Å². The minimum atomic E-state index is -0.176. The van der Waals surface area contributed by atoms with Gasteiger partial charge in [-0.2, -0.15) is 0 Å². The number of hydrogen-bond acceptors (Lipinski definition) is 1. The fourth-order valence-corrected chi connectivity index (χ4v) is 2.51. The maximum absolute atomic E-state index is 14.0. The summed E-state index contributed by atoms with van der Waals surface area (Å²) in [7, 11) is 0. The molecule has 19 heavy (non-hydrogen) atoms. The molecule has 0 saturated carbocycles. The van der Waals surface area contributed by atoms with Gasteiger partial charge in [0, 0.05) is 10.0 Å². The molecule has 1 nitrogen and oxygen atoms in total. The summed E-state index contributed by atoms with van der Waals surface area (Å²) in [6, 6.07) is 12.9. The molecule has 0 aliphatic carbocycles. The van der Waals surface area contributed by atoms with E-state index in [1.54, 1.807) is 6.07 Å². The van der Waals surface area contributed by atoms with E-state index >= 15 is 0 Å². The first-order chi connectivity index (χ1) is 9.13. The van der Waals surface area contributed by atoms with Crippen molar-refractivity contribution < 1.29 is 4.39 Å². The summed E-state index contributed by atoms with van der Waals surface area (Å²) in [5.74, 6) is -0.176. The molecule has 1 N–H and O–H groups in total. The highest BCUT2D eigenvalue weighted by molar-refractivity contribution is 9.10. The van der Waals surface area contributed by atoms with Crippen LogP contribution in [0.1, 0.15) is 29.7 Å². The fraction of sp³-hybridized carbons (Fsp3) is 0.250. The monoisotopic (exact) mass is 321 g/mol. The van der Waals surface area contributed by atoms with Gasteiger partial charge in [0.15, 0.2) is 0 Å². The van der Waals surface area contributed by atoms with Crippen molar-refractivity contribution in [1.29, 1.82) is 0 Å². The van der Waals surface area contributed by atoms with Gasteiger partial charge >= 0.3 is 0 Å². The average Bonchev–Trinajstić information content (AvgIpc) is 2.40. The van der Waals surface area contributed by atoms with E-state index in [2.05, 4.69) is 27.3 Å². The van der Waals surface area contributed by atoms with Crippen molar-refractivity contribution >= 4 is 15.9 Å². The lowest BCUT2D eigenvalue weighted by Crippen LogP contribution is -2.23. The van der Waals surface area contributed by atoms with Crippen LogP contribution in [0, 0.1) is 12.7 Å². The van der Waals surface area contributed by atoms with Crippen LogP contribution < -0.4 is 5.32 Å². The fourth-order valence-electron chi connectivity index (χ4n) is 2.11.